The van der Waals surface area contributed by atoms with Gasteiger partial charge in [-0.3, -0.25) is 4.79 Å². The molecule has 0 bridgehead atoms. The average Bonchev–Trinajstić information content (AvgIpc) is 2.78. The Labute approximate surface area is 171 Å². The van der Waals surface area contributed by atoms with E-state index in [9.17, 15) is 9.59 Å². The van der Waals surface area contributed by atoms with Gasteiger partial charge in [0.2, 0.25) is 0 Å². The van der Waals surface area contributed by atoms with Crippen molar-refractivity contribution in [1.29, 1.82) is 0 Å². The van der Waals surface area contributed by atoms with Crippen LogP contribution in [0.1, 0.15) is 10.4 Å². The van der Waals surface area contributed by atoms with E-state index in [2.05, 4.69) is 15.5 Å². The first-order valence-corrected chi connectivity index (χ1v) is 9.12. The molecule has 0 saturated heterocycles. The summed E-state index contributed by atoms with van der Waals surface area (Å²) < 4.78 is 10.4. The van der Waals surface area contributed by atoms with Crippen molar-refractivity contribution < 1.29 is 13.9 Å². The van der Waals surface area contributed by atoms with Gasteiger partial charge in [-0.25, -0.2) is 4.79 Å². The van der Waals surface area contributed by atoms with Crippen LogP contribution < -0.4 is 15.7 Å². The van der Waals surface area contributed by atoms with Gasteiger partial charge >= 0.3 is 5.63 Å². The van der Waals surface area contributed by atoms with Gasteiger partial charge in [-0.2, -0.15) is 10.2 Å². The second-order valence-corrected chi connectivity index (χ2v) is 6.39. The standard InChI is InChI=1S/C23H17N3O4/c1-29-19-11-12-21-15(13-19)14-20(23(28)30-21)22(27)24-16-7-9-18(10-8-16)26-25-17-5-3-2-4-6-17/h2-14H,1H3,(H,24,27). The van der Waals surface area contributed by atoms with Gasteiger partial charge in [0.05, 0.1) is 18.5 Å². The molecule has 4 aromatic rings. The van der Waals surface area contributed by atoms with Gasteiger partial charge < -0.3 is 14.5 Å². The van der Waals surface area contributed by atoms with E-state index in [4.69, 9.17) is 9.15 Å². The van der Waals surface area contributed by atoms with E-state index in [1.54, 1.807) is 42.5 Å². The molecule has 1 aromatic heterocycles. The lowest BCUT2D eigenvalue weighted by Crippen LogP contribution is -2.20. The van der Waals surface area contributed by atoms with E-state index in [-0.39, 0.29) is 5.56 Å². The molecule has 0 unspecified atom stereocenters. The molecule has 0 radical (unpaired) electrons. The summed E-state index contributed by atoms with van der Waals surface area (Å²) in [5.41, 5.74) is 1.47. The van der Waals surface area contributed by atoms with E-state index in [1.807, 2.05) is 30.3 Å². The van der Waals surface area contributed by atoms with Crippen LogP contribution in [0.4, 0.5) is 17.1 Å². The molecule has 0 spiro atoms. The fraction of sp³-hybridized carbons (Fsp3) is 0.0435. The molecule has 3 aromatic carbocycles. The SMILES string of the molecule is COc1ccc2oc(=O)c(C(=O)Nc3ccc(N=Nc4ccccc4)cc3)cc2c1. The van der Waals surface area contributed by atoms with Crippen molar-refractivity contribution in [3.8, 4) is 5.75 Å². The Morgan fingerprint density at radius 2 is 1.60 bits per heavy atom. The van der Waals surface area contributed by atoms with Gasteiger partial charge in [-0.15, -0.1) is 0 Å². The molecule has 0 aliphatic heterocycles. The summed E-state index contributed by atoms with van der Waals surface area (Å²) in [6.45, 7) is 0. The van der Waals surface area contributed by atoms with Crippen molar-refractivity contribution in [3.63, 3.8) is 0 Å². The van der Waals surface area contributed by atoms with E-state index >= 15 is 0 Å². The number of nitrogens with one attached hydrogen (secondary N) is 1. The van der Waals surface area contributed by atoms with Gasteiger partial charge in [0.1, 0.15) is 16.9 Å². The summed E-state index contributed by atoms with van der Waals surface area (Å²) >= 11 is 0. The molecular weight excluding hydrogens is 382 g/mol. The quantitative estimate of drug-likeness (QED) is 0.356. The summed E-state index contributed by atoms with van der Waals surface area (Å²) in [5, 5.41) is 11.6. The van der Waals surface area contributed by atoms with Crippen molar-refractivity contribution in [2.24, 2.45) is 10.2 Å². The summed E-state index contributed by atoms with van der Waals surface area (Å²) in [6, 6.07) is 22.7. The van der Waals surface area contributed by atoms with Crippen LogP contribution in [0.3, 0.4) is 0 Å². The molecule has 30 heavy (non-hydrogen) atoms. The van der Waals surface area contributed by atoms with Crippen LogP contribution in [0.5, 0.6) is 5.75 Å². The first-order valence-electron chi connectivity index (χ1n) is 9.12. The number of anilines is 1. The first kappa shape index (κ1) is 19.1. The van der Waals surface area contributed by atoms with Gasteiger partial charge in [-0.05, 0) is 60.7 Å². The molecule has 1 heterocycles. The minimum absolute atomic E-state index is 0.0939. The lowest BCUT2D eigenvalue weighted by atomic mass is 10.1. The number of fused-ring (bicyclic) bond motifs is 1. The summed E-state index contributed by atoms with van der Waals surface area (Å²) in [6.07, 6.45) is 0. The maximum atomic E-state index is 12.6. The van der Waals surface area contributed by atoms with Gasteiger partial charge in [-0.1, -0.05) is 18.2 Å². The smallest absolute Gasteiger partial charge is 0.349 e. The molecule has 0 fully saturated rings. The second-order valence-electron chi connectivity index (χ2n) is 6.39. The lowest BCUT2D eigenvalue weighted by Gasteiger charge is -2.06. The van der Waals surface area contributed by atoms with Crippen molar-refractivity contribution in [3.05, 3.63) is 94.8 Å². The number of carbonyl (C=O) groups excluding carboxylic acids is 1. The maximum absolute atomic E-state index is 12.6. The maximum Gasteiger partial charge on any atom is 0.349 e. The number of hydrogen-bond donors (Lipinski definition) is 1. The molecule has 7 heteroatoms. The number of azo groups is 1. The summed E-state index contributed by atoms with van der Waals surface area (Å²) in [5.74, 6) is 0.0371. The summed E-state index contributed by atoms with van der Waals surface area (Å²) in [7, 11) is 1.54. The fourth-order valence-corrected chi connectivity index (χ4v) is 2.81. The number of hydrogen-bond acceptors (Lipinski definition) is 6. The van der Waals surface area contributed by atoms with E-state index in [0.717, 1.165) is 5.69 Å². The predicted molar refractivity (Wildman–Crippen MR) is 114 cm³/mol. The van der Waals surface area contributed by atoms with Crippen LogP contribution >= 0.6 is 0 Å². The minimum Gasteiger partial charge on any atom is -0.497 e. The highest BCUT2D eigenvalue weighted by molar-refractivity contribution is 6.05. The van der Waals surface area contributed by atoms with Crippen molar-refractivity contribution in [2.75, 3.05) is 12.4 Å². The van der Waals surface area contributed by atoms with Crippen LogP contribution in [-0.4, -0.2) is 13.0 Å². The number of ether oxygens (including phenoxy) is 1. The monoisotopic (exact) mass is 399 g/mol. The molecule has 0 aliphatic carbocycles. The third-order valence-electron chi connectivity index (χ3n) is 4.35. The number of rotatable bonds is 5. The lowest BCUT2D eigenvalue weighted by molar-refractivity contribution is 0.102. The third kappa shape index (κ3) is 4.25. The van der Waals surface area contributed by atoms with Gasteiger partial charge in [0.25, 0.3) is 5.91 Å². The zero-order valence-electron chi connectivity index (χ0n) is 16.0. The number of methoxy groups -OCH3 is 1. The molecule has 1 amide bonds. The molecular formula is C23H17N3O4. The average molecular weight is 399 g/mol. The molecule has 148 valence electrons. The Balaban J connectivity index is 1.51. The Morgan fingerprint density at radius 1 is 0.900 bits per heavy atom. The highest BCUT2D eigenvalue weighted by atomic mass is 16.5. The van der Waals surface area contributed by atoms with Crippen LogP contribution in [-0.2, 0) is 0 Å². The number of amides is 1. The number of nitrogens with zero attached hydrogens (tertiary/aromatic N) is 2. The number of benzene rings is 3. The Morgan fingerprint density at radius 3 is 2.30 bits per heavy atom. The van der Waals surface area contributed by atoms with Crippen LogP contribution in [0.15, 0.2) is 98.3 Å². The zero-order chi connectivity index (χ0) is 20.9. The Hall–Kier alpha value is -4.26. The predicted octanol–water partition coefficient (Wildman–Crippen LogP) is 5.47. The van der Waals surface area contributed by atoms with Gasteiger partial charge in [0.15, 0.2) is 0 Å². The van der Waals surface area contributed by atoms with Crippen molar-refractivity contribution >= 4 is 33.9 Å². The Kier molecular flexibility index (Phi) is 5.34. The van der Waals surface area contributed by atoms with Crippen LogP contribution in [0.25, 0.3) is 11.0 Å². The third-order valence-corrected chi connectivity index (χ3v) is 4.35. The Bertz CT molecular complexity index is 1280. The summed E-state index contributed by atoms with van der Waals surface area (Å²) in [4.78, 5) is 24.8. The fourth-order valence-electron chi connectivity index (χ4n) is 2.81. The van der Waals surface area contributed by atoms with Crippen LogP contribution in [0.2, 0.25) is 0 Å². The first-order chi connectivity index (χ1) is 14.6. The molecule has 1 N–H and O–H groups in total. The zero-order valence-corrected chi connectivity index (χ0v) is 16.0. The molecule has 4 rings (SSSR count). The number of carbonyl (C=O) groups is 1. The molecule has 0 atom stereocenters. The van der Waals surface area contributed by atoms with E-state index < -0.39 is 11.5 Å². The van der Waals surface area contributed by atoms with E-state index in [1.165, 1.54) is 13.2 Å². The largest absolute Gasteiger partial charge is 0.497 e. The highest BCUT2D eigenvalue weighted by Gasteiger charge is 2.14. The van der Waals surface area contributed by atoms with Crippen LogP contribution in [0, 0.1) is 0 Å². The normalized spacial score (nSPS) is 11.0. The molecule has 7 nitrogen and oxygen atoms in total. The second kappa shape index (κ2) is 8.40. The van der Waals surface area contributed by atoms with Crippen molar-refractivity contribution in [1.82, 2.24) is 0 Å². The minimum atomic E-state index is -0.710. The molecule has 0 aliphatic rings. The topological polar surface area (TPSA) is 93.3 Å². The van der Waals surface area contributed by atoms with E-state index in [0.29, 0.717) is 28.1 Å². The van der Waals surface area contributed by atoms with Crippen molar-refractivity contribution in [2.45, 2.75) is 0 Å². The highest BCUT2D eigenvalue weighted by Crippen LogP contribution is 2.22. The molecule has 0 saturated carbocycles. The van der Waals surface area contributed by atoms with Gasteiger partial charge in [0, 0.05) is 11.1 Å².